The van der Waals surface area contributed by atoms with Crippen LogP contribution in [0, 0.1) is 0 Å². The van der Waals surface area contributed by atoms with Gasteiger partial charge in [0.1, 0.15) is 0 Å². The van der Waals surface area contributed by atoms with Crippen LogP contribution in [-0.2, 0) is 9.53 Å². The Morgan fingerprint density at radius 3 is 2.44 bits per heavy atom. The Kier molecular flexibility index (Phi) is 7.04. The van der Waals surface area contributed by atoms with E-state index in [0.29, 0.717) is 38.5 Å². The van der Waals surface area contributed by atoms with E-state index < -0.39 is 12.0 Å². The van der Waals surface area contributed by atoms with Crippen LogP contribution in [0.1, 0.15) is 30.5 Å². The first kappa shape index (κ1) is 24.0. The summed E-state index contributed by atoms with van der Waals surface area (Å²) in [6, 6.07) is 12.4. The van der Waals surface area contributed by atoms with Gasteiger partial charge in [-0.3, -0.25) is 9.36 Å². The number of methoxy groups -OCH3 is 3. The number of allylic oxidation sites excluding steroid dienone is 1. The van der Waals surface area contributed by atoms with Crippen LogP contribution in [0.15, 0.2) is 68.0 Å². The number of rotatable bonds is 6. The summed E-state index contributed by atoms with van der Waals surface area (Å²) in [5, 5.41) is 0. The maximum absolute atomic E-state index is 13.7. The van der Waals surface area contributed by atoms with Gasteiger partial charge in [0.05, 0.1) is 43.2 Å². The third-order valence-corrected chi connectivity index (χ3v) is 7.22. The van der Waals surface area contributed by atoms with E-state index in [9.17, 15) is 9.59 Å². The van der Waals surface area contributed by atoms with Gasteiger partial charge in [0, 0.05) is 4.47 Å². The van der Waals surface area contributed by atoms with Crippen LogP contribution >= 0.6 is 27.3 Å². The van der Waals surface area contributed by atoms with Crippen LogP contribution in [0.2, 0.25) is 0 Å². The van der Waals surface area contributed by atoms with E-state index in [2.05, 4.69) is 20.9 Å². The number of ether oxygens (including phenoxy) is 3. The minimum absolute atomic E-state index is 0.240. The molecule has 4 rings (SSSR count). The van der Waals surface area contributed by atoms with Crippen LogP contribution in [0.4, 0.5) is 0 Å². The second kappa shape index (κ2) is 9.99. The second-order valence-electron chi connectivity index (χ2n) is 7.43. The Balaban J connectivity index is 1.99. The van der Waals surface area contributed by atoms with Crippen LogP contribution in [0.5, 0.6) is 11.5 Å². The zero-order chi connectivity index (χ0) is 24.4. The maximum Gasteiger partial charge on any atom is 0.338 e. The summed E-state index contributed by atoms with van der Waals surface area (Å²) >= 11 is 4.83. The number of hydrogen-bond donors (Lipinski definition) is 0. The van der Waals surface area contributed by atoms with E-state index in [0.717, 1.165) is 15.6 Å². The molecule has 0 fully saturated rings. The Bertz CT molecular complexity index is 1460. The molecule has 2 aromatic carbocycles. The fourth-order valence-electron chi connectivity index (χ4n) is 3.94. The van der Waals surface area contributed by atoms with E-state index in [1.807, 2.05) is 37.3 Å². The molecular weight excluding hydrogens is 520 g/mol. The number of benzene rings is 2. The predicted molar refractivity (Wildman–Crippen MR) is 134 cm³/mol. The number of carbonyl (C=O) groups excluding carboxylic acids is 1. The topological polar surface area (TPSA) is 79.1 Å². The Morgan fingerprint density at radius 1 is 1.15 bits per heavy atom. The molecule has 0 saturated carbocycles. The number of nitrogens with zero attached hydrogens (tertiary/aromatic N) is 2. The number of hydrogen-bond acceptors (Lipinski definition) is 7. The summed E-state index contributed by atoms with van der Waals surface area (Å²) in [6.45, 7) is 1.93. The van der Waals surface area contributed by atoms with Crippen molar-refractivity contribution in [2.45, 2.75) is 19.4 Å². The van der Waals surface area contributed by atoms with Gasteiger partial charge in [-0.2, -0.15) is 0 Å². The molecule has 176 valence electrons. The van der Waals surface area contributed by atoms with Gasteiger partial charge < -0.3 is 14.2 Å². The van der Waals surface area contributed by atoms with Gasteiger partial charge in [-0.25, -0.2) is 9.79 Å². The number of esters is 1. The van der Waals surface area contributed by atoms with Crippen molar-refractivity contribution < 1.29 is 19.0 Å². The highest BCUT2D eigenvalue weighted by molar-refractivity contribution is 9.10. The summed E-state index contributed by atoms with van der Waals surface area (Å²) in [4.78, 5) is 31.7. The van der Waals surface area contributed by atoms with Crippen molar-refractivity contribution in [1.29, 1.82) is 0 Å². The molecule has 1 aliphatic heterocycles. The van der Waals surface area contributed by atoms with E-state index in [1.165, 1.54) is 18.4 Å². The van der Waals surface area contributed by atoms with Crippen molar-refractivity contribution in [3.05, 3.63) is 89.0 Å². The molecule has 0 spiro atoms. The average Bonchev–Trinajstić information content (AvgIpc) is 3.18. The molecule has 0 saturated heterocycles. The largest absolute Gasteiger partial charge is 0.493 e. The van der Waals surface area contributed by atoms with Crippen molar-refractivity contribution in [2.75, 3.05) is 21.3 Å². The third-order valence-electron chi connectivity index (χ3n) is 5.56. The lowest BCUT2D eigenvalue weighted by Gasteiger charge is -2.25. The summed E-state index contributed by atoms with van der Waals surface area (Å²) in [7, 11) is 4.46. The summed E-state index contributed by atoms with van der Waals surface area (Å²) < 4.78 is 18.7. The van der Waals surface area contributed by atoms with Gasteiger partial charge in [0.25, 0.3) is 5.56 Å². The Morgan fingerprint density at radius 2 is 1.82 bits per heavy atom. The molecule has 1 atom stereocenters. The molecule has 34 heavy (non-hydrogen) atoms. The molecule has 2 heterocycles. The van der Waals surface area contributed by atoms with Crippen LogP contribution in [0.25, 0.3) is 6.08 Å². The van der Waals surface area contributed by atoms with E-state index in [-0.39, 0.29) is 5.56 Å². The molecule has 3 aromatic rings. The average molecular weight is 543 g/mol. The molecule has 1 aliphatic rings. The van der Waals surface area contributed by atoms with Gasteiger partial charge in [0.2, 0.25) is 0 Å². The molecule has 0 amide bonds. The highest BCUT2D eigenvalue weighted by Crippen LogP contribution is 2.34. The molecule has 0 aliphatic carbocycles. The van der Waals surface area contributed by atoms with Crippen LogP contribution in [-0.4, -0.2) is 31.9 Å². The van der Waals surface area contributed by atoms with Gasteiger partial charge in [-0.1, -0.05) is 64.5 Å². The van der Waals surface area contributed by atoms with E-state index >= 15 is 0 Å². The molecule has 9 heteroatoms. The molecule has 7 nitrogen and oxygen atoms in total. The smallest absolute Gasteiger partial charge is 0.338 e. The first-order valence-corrected chi connectivity index (χ1v) is 12.1. The predicted octanol–water partition coefficient (Wildman–Crippen LogP) is 3.58. The van der Waals surface area contributed by atoms with Gasteiger partial charge >= 0.3 is 5.97 Å². The number of carbonyl (C=O) groups is 1. The highest BCUT2D eigenvalue weighted by Gasteiger charge is 2.33. The van der Waals surface area contributed by atoms with Crippen molar-refractivity contribution in [3.8, 4) is 11.5 Å². The van der Waals surface area contributed by atoms with E-state index in [1.54, 1.807) is 37.0 Å². The lowest BCUT2D eigenvalue weighted by molar-refractivity contribution is -0.136. The summed E-state index contributed by atoms with van der Waals surface area (Å²) in [6.07, 6.45) is 2.31. The maximum atomic E-state index is 13.7. The molecular formula is C25H23BrN2O5S. The molecule has 0 radical (unpaired) electrons. The molecule has 0 bridgehead atoms. The number of fused-ring (bicyclic) bond motifs is 1. The number of halogens is 1. The second-order valence-corrected chi connectivity index (χ2v) is 9.29. The zero-order valence-corrected chi connectivity index (χ0v) is 21.5. The van der Waals surface area contributed by atoms with Crippen molar-refractivity contribution in [1.82, 2.24) is 4.57 Å². The standard InChI is InChI=1S/C25H23BrN2O5S/c1-5-17-21(24(30)33-4)22(14-9-7-6-8-10-14)28-23(29)20(34-25(28)27-17)12-15-11-18(31-2)19(32-3)13-16(15)26/h6-13,22H,5H2,1-4H3/b20-12-/t22-/m0/s1. The quantitative estimate of drug-likeness (QED) is 0.445. The van der Waals surface area contributed by atoms with Crippen LogP contribution < -0.4 is 24.4 Å². The minimum Gasteiger partial charge on any atom is -0.493 e. The van der Waals surface area contributed by atoms with Crippen molar-refractivity contribution >= 4 is 39.3 Å². The normalized spacial score (nSPS) is 15.6. The first-order valence-electron chi connectivity index (χ1n) is 10.5. The monoisotopic (exact) mass is 542 g/mol. The van der Waals surface area contributed by atoms with Gasteiger partial charge in [-0.15, -0.1) is 0 Å². The van der Waals surface area contributed by atoms with Gasteiger partial charge in [0.15, 0.2) is 16.3 Å². The minimum atomic E-state index is -0.629. The first-order chi connectivity index (χ1) is 16.4. The Hall–Kier alpha value is -3.17. The van der Waals surface area contributed by atoms with Crippen molar-refractivity contribution in [3.63, 3.8) is 0 Å². The van der Waals surface area contributed by atoms with E-state index in [4.69, 9.17) is 14.2 Å². The fraction of sp³-hybridized carbons (Fsp3) is 0.240. The highest BCUT2D eigenvalue weighted by atomic mass is 79.9. The Labute approximate surface area is 208 Å². The lowest BCUT2D eigenvalue weighted by Crippen LogP contribution is -2.40. The zero-order valence-electron chi connectivity index (χ0n) is 19.1. The van der Waals surface area contributed by atoms with Gasteiger partial charge in [-0.05, 0) is 35.8 Å². The number of aromatic nitrogens is 1. The fourth-order valence-corrected chi connectivity index (χ4v) is 5.38. The third kappa shape index (κ3) is 4.21. The molecule has 0 unspecified atom stereocenters. The SMILES string of the molecule is CCC1=C(C(=O)OC)[C@H](c2ccccc2)n2c(s/c(=C\c3cc(OC)c(OC)cc3Br)c2=O)=N1. The number of thiazole rings is 1. The molecule has 1 aromatic heterocycles. The molecule has 0 N–H and O–H groups in total. The lowest BCUT2D eigenvalue weighted by atomic mass is 9.95. The van der Waals surface area contributed by atoms with Crippen molar-refractivity contribution in [2.24, 2.45) is 4.99 Å². The van der Waals surface area contributed by atoms with Crippen LogP contribution in [0.3, 0.4) is 0 Å². The summed E-state index contributed by atoms with van der Waals surface area (Å²) in [5.74, 6) is 0.631. The summed E-state index contributed by atoms with van der Waals surface area (Å²) in [5.41, 5.74) is 2.31.